The highest BCUT2D eigenvalue weighted by Crippen LogP contribution is 2.31. The van der Waals surface area contributed by atoms with Crippen molar-refractivity contribution in [3.63, 3.8) is 0 Å². The first-order valence-electron chi connectivity index (χ1n) is 8.34. The fourth-order valence-corrected chi connectivity index (χ4v) is 3.03. The first-order valence-corrected chi connectivity index (χ1v) is 8.34. The molecule has 0 spiro atoms. The van der Waals surface area contributed by atoms with E-state index in [4.69, 9.17) is 0 Å². The molecule has 0 fully saturated rings. The lowest BCUT2D eigenvalue weighted by Crippen LogP contribution is -2.45. The second-order valence-corrected chi connectivity index (χ2v) is 6.28. The number of benzene rings is 1. The summed E-state index contributed by atoms with van der Waals surface area (Å²) < 4.78 is 0. The van der Waals surface area contributed by atoms with Crippen molar-refractivity contribution in [2.24, 2.45) is 0 Å². The maximum atomic E-state index is 13.0. The van der Waals surface area contributed by atoms with Crippen LogP contribution in [-0.4, -0.2) is 47.2 Å². The highest BCUT2D eigenvalue weighted by molar-refractivity contribution is 6.06. The minimum Gasteiger partial charge on any atom is -0.332 e. The molecule has 0 aliphatic carbocycles. The van der Waals surface area contributed by atoms with Gasteiger partial charge < -0.3 is 15.1 Å². The van der Waals surface area contributed by atoms with Crippen LogP contribution in [0.15, 0.2) is 48.8 Å². The van der Waals surface area contributed by atoms with E-state index >= 15 is 0 Å². The molecule has 2 aromatic rings. The summed E-state index contributed by atoms with van der Waals surface area (Å²) in [5.41, 5.74) is 1.70. The van der Waals surface area contributed by atoms with Gasteiger partial charge in [0, 0.05) is 37.5 Å². The summed E-state index contributed by atoms with van der Waals surface area (Å²) >= 11 is 0. The Labute approximate surface area is 151 Å². The van der Waals surface area contributed by atoms with Crippen LogP contribution in [0.1, 0.15) is 23.7 Å². The normalized spacial score (nSPS) is 16.3. The third-order valence-electron chi connectivity index (χ3n) is 4.27. The Hall–Kier alpha value is -3.22. The number of amides is 3. The largest absolute Gasteiger partial charge is 0.332 e. The zero-order valence-corrected chi connectivity index (χ0v) is 14.7. The molecule has 7 nitrogen and oxygen atoms in total. The fourth-order valence-electron chi connectivity index (χ4n) is 3.03. The number of fused-ring (bicyclic) bond motifs is 1. The maximum absolute atomic E-state index is 13.0. The van der Waals surface area contributed by atoms with Crippen LogP contribution in [-0.2, 0) is 9.59 Å². The Kier molecular flexibility index (Phi) is 4.97. The van der Waals surface area contributed by atoms with E-state index in [-0.39, 0.29) is 36.7 Å². The quantitative estimate of drug-likeness (QED) is 0.915. The van der Waals surface area contributed by atoms with Crippen molar-refractivity contribution in [2.75, 3.05) is 23.8 Å². The first kappa shape index (κ1) is 17.6. The van der Waals surface area contributed by atoms with Crippen LogP contribution in [0.4, 0.5) is 11.4 Å². The molecule has 1 aliphatic rings. The molecule has 1 N–H and O–H groups in total. The Morgan fingerprint density at radius 3 is 2.65 bits per heavy atom. The van der Waals surface area contributed by atoms with Crippen LogP contribution in [0.25, 0.3) is 0 Å². The molecule has 0 saturated carbocycles. The lowest BCUT2D eigenvalue weighted by Gasteiger charge is -2.29. The number of nitrogens with zero attached hydrogens (tertiary/aromatic N) is 3. The number of para-hydroxylation sites is 2. The molecule has 0 radical (unpaired) electrons. The second-order valence-electron chi connectivity index (χ2n) is 6.28. The van der Waals surface area contributed by atoms with E-state index in [0.717, 1.165) is 0 Å². The van der Waals surface area contributed by atoms with Crippen LogP contribution in [0.3, 0.4) is 0 Å². The van der Waals surface area contributed by atoms with Gasteiger partial charge >= 0.3 is 0 Å². The van der Waals surface area contributed by atoms with E-state index in [0.29, 0.717) is 16.9 Å². The third kappa shape index (κ3) is 3.56. The molecule has 7 heteroatoms. The molecule has 1 unspecified atom stereocenters. The van der Waals surface area contributed by atoms with E-state index in [1.165, 1.54) is 17.3 Å². The number of carbonyl (C=O) groups excluding carboxylic acids is 3. The standard InChI is InChI=1S/C19H20N4O3/c1-13-11-17(24)21-15-5-3-4-6-16(15)23(13)18(25)12-22(2)19(26)14-7-9-20-10-8-14/h3-10,13H,11-12H2,1-2H3,(H,21,24). The molecule has 0 saturated heterocycles. The third-order valence-corrected chi connectivity index (χ3v) is 4.27. The van der Waals surface area contributed by atoms with Crippen molar-refractivity contribution in [1.29, 1.82) is 0 Å². The van der Waals surface area contributed by atoms with E-state index in [1.807, 2.05) is 13.0 Å². The van der Waals surface area contributed by atoms with Crippen LogP contribution < -0.4 is 10.2 Å². The van der Waals surface area contributed by atoms with Crippen molar-refractivity contribution in [2.45, 2.75) is 19.4 Å². The van der Waals surface area contributed by atoms with Crippen molar-refractivity contribution in [3.05, 3.63) is 54.4 Å². The molecule has 1 aliphatic heterocycles. The molecule has 1 aromatic heterocycles. The number of hydrogen-bond donors (Lipinski definition) is 1. The summed E-state index contributed by atoms with van der Waals surface area (Å²) in [6, 6.07) is 10.1. The average molecular weight is 352 g/mol. The van der Waals surface area contributed by atoms with E-state index in [1.54, 1.807) is 42.3 Å². The zero-order valence-electron chi connectivity index (χ0n) is 14.7. The monoisotopic (exact) mass is 352 g/mol. The smallest absolute Gasteiger partial charge is 0.254 e. The van der Waals surface area contributed by atoms with Gasteiger partial charge in [-0.15, -0.1) is 0 Å². The Morgan fingerprint density at radius 1 is 1.23 bits per heavy atom. The minimum atomic E-state index is -0.310. The van der Waals surface area contributed by atoms with Crippen molar-refractivity contribution < 1.29 is 14.4 Å². The lowest BCUT2D eigenvalue weighted by atomic mass is 10.1. The van der Waals surface area contributed by atoms with Gasteiger partial charge in [0.1, 0.15) is 6.54 Å². The average Bonchev–Trinajstić information content (AvgIpc) is 2.75. The molecule has 0 bridgehead atoms. The first-order chi connectivity index (χ1) is 12.5. The molecule has 1 aromatic carbocycles. The van der Waals surface area contributed by atoms with Gasteiger partial charge in [-0.1, -0.05) is 12.1 Å². The number of anilines is 2. The van der Waals surface area contributed by atoms with E-state index in [9.17, 15) is 14.4 Å². The summed E-state index contributed by atoms with van der Waals surface area (Å²) in [5, 5.41) is 2.82. The molecule has 1 atom stereocenters. The van der Waals surface area contributed by atoms with Gasteiger partial charge in [-0.05, 0) is 31.2 Å². The van der Waals surface area contributed by atoms with Crippen LogP contribution in [0.2, 0.25) is 0 Å². The van der Waals surface area contributed by atoms with Gasteiger partial charge in [-0.2, -0.15) is 0 Å². The summed E-state index contributed by atoms with van der Waals surface area (Å²) in [6.45, 7) is 1.73. The Morgan fingerprint density at radius 2 is 1.92 bits per heavy atom. The van der Waals surface area contributed by atoms with Gasteiger partial charge in [0.05, 0.1) is 11.4 Å². The fraction of sp³-hybridized carbons (Fsp3) is 0.263. The maximum Gasteiger partial charge on any atom is 0.254 e. The highest BCUT2D eigenvalue weighted by Gasteiger charge is 2.30. The molecule has 2 heterocycles. The van der Waals surface area contributed by atoms with E-state index < -0.39 is 0 Å². The number of aromatic nitrogens is 1. The molecule has 3 amide bonds. The summed E-state index contributed by atoms with van der Waals surface area (Å²) in [4.78, 5) is 44.3. The predicted octanol–water partition coefficient (Wildman–Crippen LogP) is 1.92. The topological polar surface area (TPSA) is 82.6 Å². The number of rotatable bonds is 3. The Balaban J connectivity index is 1.82. The summed E-state index contributed by atoms with van der Waals surface area (Å²) in [5.74, 6) is -0.640. The Bertz CT molecular complexity index is 838. The van der Waals surface area contributed by atoms with Gasteiger partial charge in [0.15, 0.2) is 0 Å². The molecule has 26 heavy (non-hydrogen) atoms. The van der Waals surface area contributed by atoms with Gasteiger partial charge in [-0.25, -0.2) is 0 Å². The lowest BCUT2D eigenvalue weighted by molar-refractivity contribution is -0.119. The van der Waals surface area contributed by atoms with Crippen LogP contribution in [0.5, 0.6) is 0 Å². The van der Waals surface area contributed by atoms with Gasteiger partial charge in [-0.3, -0.25) is 19.4 Å². The number of hydrogen-bond acceptors (Lipinski definition) is 4. The van der Waals surface area contributed by atoms with Crippen LogP contribution >= 0.6 is 0 Å². The van der Waals surface area contributed by atoms with Crippen molar-refractivity contribution in [1.82, 2.24) is 9.88 Å². The minimum absolute atomic E-state index is 0.0893. The number of carbonyl (C=O) groups is 3. The van der Waals surface area contributed by atoms with Gasteiger partial charge in [0.2, 0.25) is 11.8 Å². The summed E-state index contributed by atoms with van der Waals surface area (Å²) in [6.07, 6.45) is 3.27. The molecular weight excluding hydrogens is 332 g/mol. The van der Waals surface area contributed by atoms with Crippen molar-refractivity contribution >= 4 is 29.1 Å². The number of likely N-dealkylation sites (N-methyl/N-ethyl adjacent to an activating group) is 1. The van der Waals surface area contributed by atoms with Crippen LogP contribution in [0, 0.1) is 0 Å². The SMILES string of the molecule is CC1CC(=O)Nc2ccccc2N1C(=O)CN(C)C(=O)c1ccncc1. The van der Waals surface area contributed by atoms with E-state index in [2.05, 4.69) is 10.3 Å². The highest BCUT2D eigenvalue weighted by atomic mass is 16.2. The van der Waals surface area contributed by atoms with Gasteiger partial charge in [0.25, 0.3) is 5.91 Å². The number of nitrogens with one attached hydrogen (secondary N) is 1. The number of pyridine rings is 1. The molecular formula is C19H20N4O3. The molecule has 3 rings (SSSR count). The zero-order chi connectivity index (χ0) is 18.7. The summed E-state index contributed by atoms with van der Waals surface area (Å²) in [7, 11) is 1.58. The molecule has 134 valence electrons. The second kappa shape index (κ2) is 7.35. The predicted molar refractivity (Wildman–Crippen MR) is 97.8 cm³/mol. The van der Waals surface area contributed by atoms with Crippen molar-refractivity contribution in [3.8, 4) is 0 Å².